The Kier molecular flexibility index (Phi) is 3.27. The summed E-state index contributed by atoms with van der Waals surface area (Å²) in [6.45, 7) is 2.01. The Morgan fingerprint density at radius 1 is 0.913 bits per heavy atom. The predicted molar refractivity (Wildman–Crippen MR) is 95.0 cm³/mol. The van der Waals surface area contributed by atoms with E-state index in [0.29, 0.717) is 5.56 Å². The fourth-order valence-electron chi connectivity index (χ4n) is 3.08. The van der Waals surface area contributed by atoms with E-state index in [9.17, 15) is 4.39 Å². The minimum atomic E-state index is -0.204. The van der Waals surface area contributed by atoms with Crippen molar-refractivity contribution in [3.8, 4) is 0 Å². The van der Waals surface area contributed by atoms with Gasteiger partial charge in [-0.1, -0.05) is 42.5 Å². The molecular formula is C20H17FN2. The molecule has 0 aliphatic carbocycles. The largest absolute Gasteiger partial charge is 0.361 e. The maximum atomic E-state index is 13.9. The normalized spacial score (nSPS) is 14.4. The highest BCUT2D eigenvalue weighted by Gasteiger charge is 2.19. The van der Waals surface area contributed by atoms with Gasteiger partial charge in [-0.05, 0) is 42.2 Å². The van der Waals surface area contributed by atoms with Crippen molar-refractivity contribution in [3.63, 3.8) is 0 Å². The Labute approximate surface area is 134 Å². The summed E-state index contributed by atoms with van der Waals surface area (Å²) in [5.74, 6) is -0.204. The maximum Gasteiger partial charge on any atom is 0.130 e. The summed E-state index contributed by atoms with van der Waals surface area (Å²) in [6, 6.07) is 19.3. The number of hydrogen-bond donors (Lipinski definition) is 2. The molecule has 1 heterocycles. The van der Waals surface area contributed by atoms with Crippen LogP contribution in [0.5, 0.6) is 0 Å². The van der Waals surface area contributed by atoms with Crippen LogP contribution >= 0.6 is 0 Å². The van der Waals surface area contributed by atoms with Crippen LogP contribution in [0.3, 0.4) is 0 Å². The summed E-state index contributed by atoms with van der Waals surface area (Å²) in [7, 11) is 0. The van der Waals surface area contributed by atoms with E-state index in [1.807, 2.05) is 31.2 Å². The molecule has 0 unspecified atom stereocenters. The van der Waals surface area contributed by atoms with Gasteiger partial charge in [0.1, 0.15) is 12.0 Å². The number of halogens is 1. The van der Waals surface area contributed by atoms with Crippen LogP contribution in [0.25, 0.3) is 16.8 Å². The van der Waals surface area contributed by atoms with E-state index in [1.54, 1.807) is 12.1 Å². The van der Waals surface area contributed by atoms with Gasteiger partial charge in [0.15, 0.2) is 0 Å². The number of hydrogen-bond acceptors (Lipinski definition) is 2. The van der Waals surface area contributed by atoms with Gasteiger partial charge in [0.25, 0.3) is 0 Å². The molecule has 0 saturated carbocycles. The molecule has 2 nitrogen and oxygen atoms in total. The van der Waals surface area contributed by atoms with Crippen molar-refractivity contribution in [1.82, 2.24) is 0 Å². The zero-order valence-electron chi connectivity index (χ0n) is 12.8. The smallest absolute Gasteiger partial charge is 0.130 e. The number of nitrogens with one attached hydrogen (secondary N) is 2. The second-order valence-electron chi connectivity index (χ2n) is 5.84. The van der Waals surface area contributed by atoms with Crippen molar-refractivity contribution in [3.05, 3.63) is 77.6 Å². The van der Waals surface area contributed by atoms with Crippen LogP contribution in [0.15, 0.2) is 66.2 Å². The van der Waals surface area contributed by atoms with Gasteiger partial charge in [0.05, 0.1) is 0 Å². The summed E-state index contributed by atoms with van der Waals surface area (Å²) in [4.78, 5) is 0. The van der Waals surface area contributed by atoms with Crippen molar-refractivity contribution in [2.45, 2.75) is 13.1 Å². The van der Waals surface area contributed by atoms with Gasteiger partial charge in [-0.25, -0.2) is 4.39 Å². The molecule has 2 N–H and O–H groups in total. The SMILES string of the molecule is C/C(=C\c1ccccc1F)C1Nc2cccc3cccc(c23)N1. The lowest BCUT2D eigenvalue weighted by Gasteiger charge is -2.30. The van der Waals surface area contributed by atoms with E-state index < -0.39 is 0 Å². The van der Waals surface area contributed by atoms with Gasteiger partial charge in [0, 0.05) is 22.3 Å². The Balaban J connectivity index is 1.72. The van der Waals surface area contributed by atoms with Crippen molar-refractivity contribution in [2.75, 3.05) is 10.6 Å². The molecule has 3 heteroatoms. The maximum absolute atomic E-state index is 13.9. The molecule has 114 valence electrons. The standard InChI is InChI=1S/C20H17FN2/c1-13(12-15-6-2-3-9-16(15)21)20-22-17-10-4-7-14-8-5-11-18(23-20)19(14)17/h2-12,20,22-23H,1H3/b13-12+. The molecule has 0 bridgehead atoms. The summed E-state index contributed by atoms with van der Waals surface area (Å²) >= 11 is 0. The minimum Gasteiger partial charge on any atom is -0.361 e. The van der Waals surface area contributed by atoms with Crippen molar-refractivity contribution in [1.29, 1.82) is 0 Å². The molecule has 0 fully saturated rings. The summed E-state index contributed by atoms with van der Waals surface area (Å²) < 4.78 is 13.9. The first-order valence-electron chi connectivity index (χ1n) is 7.70. The molecule has 4 rings (SSSR count). The average molecular weight is 304 g/mol. The van der Waals surface area contributed by atoms with Crippen LogP contribution < -0.4 is 10.6 Å². The van der Waals surface area contributed by atoms with Crippen LogP contribution in [0.1, 0.15) is 12.5 Å². The first kappa shape index (κ1) is 13.8. The Hall–Kier alpha value is -2.81. The highest BCUT2D eigenvalue weighted by molar-refractivity contribution is 6.05. The van der Waals surface area contributed by atoms with Crippen molar-refractivity contribution >= 4 is 28.2 Å². The third-order valence-electron chi connectivity index (χ3n) is 4.25. The van der Waals surface area contributed by atoms with Gasteiger partial charge in [-0.15, -0.1) is 0 Å². The monoisotopic (exact) mass is 304 g/mol. The molecule has 1 aliphatic rings. The van der Waals surface area contributed by atoms with E-state index in [4.69, 9.17) is 0 Å². The molecule has 0 spiro atoms. The minimum absolute atomic E-state index is 0.0601. The molecule has 0 radical (unpaired) electrons. The Morgan fingerprint density at radius 3 is 2.22 bits per heavy atom. The molecule has 1 aliphatic heterocycles. The topological polar surface area (TPSA) is 24.1 Å². The van der Waals surface area contributed by atoms with E-state index >= 15 is 0 Å². The van der Waals surface area contributed by atoms with E-state index in [2.05, 4.69) is 34.9 Å². The zero-order chi connectivity index (χ0) is 15.8. The second kappa shape index (κ2) is 5.43. The zero-order valence-corrected chi connectivity index (χ0v) is 12.8. The highest BCUT2D eigenvalue weighted by atomic mass is 19.1. The molecule has 0 saturated heterocycles. The predicted octanol–water partition coefficient (Wildman–Crippen LogP) is 5.25. The summed E-state index contributed by atoms with van der Waals surface area (Å²) in [5.41, 5.74) is 3.83. The third-order valence-corrected chi connectivity index (χ3v) is 4.25. The second-order valence-corrected chi connectivity index (χ2v) is 5.84. The number of anilines is 2. The number of rotatable bonds is 2. The number of benzene rings is 3. The van der Waals surface area contributed by atoms with Crippen molar-refractivity contribution in [2.24, 2.45) is 0 Å². The first-order chi connectivity index (χ1) is 11.2. The van der Waals surface area contributed by atoms with E-state index in [0.717, 1.165) is 16.9 Å². The highest BCUT2D eigenvalue weighted by Crippen LogP contribution is 2.35. The van der Waals surface area contributed by atoms with Crippen LogP contribution in [-0.4, -0.2) is 6.17 Å². The van der Waals surface area contributed by atoms with Crippen LogP contribution in [-0.2, 0) is 0 Å². The molecular weight excluding hydrogens is 287 g/mol. The van der Waals surface area contributed by atoms with Gasteiger partial charge in [0.2, 0.25) is 0 Å². The van der Waals surface area contributed by atoms with E-state index in [-0.39, 0.29) is 12.0 Å². The van der Waals surface area contributed by atoms with Crippen molar-refractivity contribution < 1.29 is 4.39 Å². The lowest BCUT2D eigenvalue weighted by molar-refractivity contribution is 0.625. The lowest BCUT2D eigenvalue weighted by atomic mass is 10.0. The van der Waals surface area contributed by atoms with Gasteiger partial charge >= 0.3 is 0 Å². The summed E-state index contributed by atoms with van der Waals surface area (Å²) in [6.07, 6.45) is 1.82. The quantitative estimate of drug-likeness (QED) is 0.676. The van der Waals surface area contributed by atoms with Crippen LogP contribution in [0, 0.1) is 5.82 Å². The van der Waals surface area contributed by atoms with Crippen LogP contribution in [0.4, 0.5) is 15.8 Å². The average Bonchev–Trinajstić information content (AvgIpc) is 2.57. The fraction of sp³-hybridized carbons (Fsp3) is 0.100. The van der Waals surface area contributed by atoms with Crippen LogP contribution in [0.2, 0.25) is 0 Å². The molecule has 0 aromatic heterocycles. The molecule has 0 amide bonds. The molecule has 0 atom stereocenters. The first-order valence-corrected chi connectivity index (χ1v) is 7.70. The lowest BCUT2D eigenvalue weighted by Crippen LogP contribution is -2.32. The fourth-order valence-corrected chi connectivity index (χ4v) is 3.08. The molecule has 3 aromatic rings. The van der Waals surface area contributed by atoms with Gasteiger partial charge < -0.3 is 10.6 Å². The Morgan fingerprint density at radius 2 is 1.57 bits per heavy atom. The Bertz CT molecular complexity index is 874. The van der Waals surface area contributed by atoms with E-state index in [1.165, 1.54) is 16.8 Å². The third kappa shape index (κ3) is 2.44. The molecule has 23 heavy (non-hydrogen) atoms. The summed E-state index contributed by atoms with van der Waals surface area (Å²) in [5, 5.41) is 9.40. The van der Waals surface area contributed by atoms with Gasteiger partial charge in [-0.2, -0.15) is 0 Å². The molecule has 3 aromatic carbocycles. The van der Waals surface area contributed by atoms with Gasteiger partial charge in [-0.3, -0.25) is 0 Å².